The third kappa shape index (κ3) is 5.08. The molecule has 0 radical (unpaired) electrons. The van der Waals surface area contributed by atoms with Crippen molar-refractivity contribution in [1.82, 2.24) is 10.3 Å². The molecule has 1 amide bonds. The van der Waals surface area contributed by atoms with E-state index in [2.05, 4.69) is 10.3 Å². The number of carbonyl (C=O) groups is 2. The first-order chi connectivity index (χ1) is 14.8. The molecule has 0 bridgehead atoms. The Hall–Kier alpha value is -2.42. The molecule has 2 fully saturated rings. The summed E-state index contributed by atoms with van der Waals surface area (Å²) >= 11 is 0. The zero-order chi connectivity index (χ0) is 22.6. The van der Waals surface area contributed by atoms with Crippen LogP contribution in [0.4, 0.5) is 10.1 Å². The number of amides is 1. The summed E-state index contributed by atoms with van der Waals surface area (Å²) < 4.78 is 30.3. The molecule has 1 N–H and O–H groups in total. The summed E-state index contributed by atoms with van der Waals surface area (Å²) in [4.78, 5) is 31.8. The van der Waals surface area contributed by atoms with Crippen LogP contribution in [-0.4, -0.2) is 67.6 Å². The van der Waals surface area contributed by atoms with Crippen LogP contribution >= 0.6 is 0 Å². The van der Waals surface area contributed by atoms with Crippen LogP contribution in [0.1, 0.15) is 56.9 Å². The highest BCUT2D eigenvalue weighted by molar-refractivity contribution is 5.97. The van der Waals surface area contributed by atoms with Gasteiger partial charge in [-0.05, 0) is 44.7 Å². The van der Waals surface area contributed by atoms with Gasteiger partial charge in [-0.15, -0.1) is 0 Å². The van der Waals surface area contributed by atoms with Crippen molar-refractivity contribution in [3.05, 3.63) is 17.8 Å². The molecule has 1 saturated carbocycles. The first-order valence-corrected chi connectivity index (χ1v) is 10.9. The van der Waals surface area contributed by atoms with Gasteiger partial charge in [-0.2, -0.15) is 0 Å². The molecule has 0 atom stereocenters. The van der Waals surface area contributed by atoms with Gasteiger partial charge in [0.1, 0.15) is 29.2 Å². The fourth-order valence-electron chi connectivity index (χ4n) is 3.49. The molecule has 1 aliphatic carbocycles. The molecule has 0 spiro atoms. The summed E-state index contributed by atoms with van der Waals surface area (Å²) in [5, 5.41) is 2.80. The number of methoxy groups -OCH3 is 1. The number of rotatable bonds is 11. The van der Waals surface area contributed by atoms with Crippen LogP contribution in [0.2, 0.25) is 0 Å². The van der Waals surface area contributed by atoms with Crippen LogP contribution in [0.15, 0.2) is 12.1 Å². The monoisotopic (exact) mass is 437 g/mol. The Balaban J connectivity index is 1.81. The van der Waals surface area contributed by atoms with Gasteiger partial charge < -0.3 is 24.4 Å². The second-order valence-corrected chi connectivity index (χ2v) is 8.19. The van der Waals surface area contributed by atoms with E-state index in [1.165, 1.54) is 0 Å². The van der Waals surface area contributed by atoms with Crippen molar-refractivity contribution in [2.45, 2.75) is 63.8 Å². The summed E-state index contributed by atoms with van der Waals surface area (Å²) in [5.41, 5.74) is -1.65. The average molecular weight is 438 g/mol. The summed E-state index contributed by atoms with van der Waals surface area (Å²) in [5.74, 6) is -0.769. The molecule has 172 valence electrons. The molecule has 8 nitrogen and oxygen atoms in total. The van der Waals surface area contributed by atoms with Crippen molar-refractivity contribution in [1.29, 1.82) is 0 Å². The minimum absolute atomic E-state index is 0.0989. The van der Waals surface area contributed by atoms with Crippen molar-refractivity contribution < 1.29 is 28.2 Å². The molecular weight excluding hydrogens is 405 g/mol. The Morgan fingerprint density at radius 1 is 1.26 bits per heavy atom. The number of carbonyl (C=O) groups excluding carboxylic acids is 2. The van der Waals surface area contributed by atoms with Gasteiger partial charge in [0.25, 0.3) is 5.91 Å². The second-order valence-electron chi connectivity index (χ2n) is 8.19. The highest BCUT2D eigenvalue weighted by Crippen LogP contribution is 2.41. The smallest absolute Gasteiger partial charge is 0.331 e. The maximum Gasteiger partial charge on any atom is 0.331 e. The molecule has 1 aromatic heterocycles. The Bertz CT molecular complexity index is 804. The van der Waals surface area contributed by atoms with Crippen molar-refractivity contribution in [3.63, 3.8) is 0 Å². The quantitative estimate of drug-likeness (QED) is 0.532. The van der Waals surface area contributed by atoms with Gasteiger partial charge in [-0.3, -0.25) is 4.79 Å². The molecule has 1 saturated heterocycles. The summed E-state index contributed by atoms with van der Waals surface area (Å²) in [6.45, 7) is 6.81. The van der Waals surface area contributed by atoms with Crippen molar-refractivity contribution in [3.8, 4) is 5.88 Å². The molecular formula is C22H32FN3O5. The van der Waals surface area contributed by atoms with Gasteiger partial charge in [0, 0.05) is 20.2 Å². The van der Waals surface area contributed by atoms with E-state index in [4.69, 9.17) is 14.2 Å². The summed E-state index contributed by atoms with van der Waals surface area (Å²) in [6.07, 6.45) is 1.81. The van der Waals surface area contributed by atoms with E-state index in [0.717, 1.165) is 0 Å². The van der Waals surface area contributed by atoms with Crippen LogP contribution in [0.5, 0.6) is 5.88 Å². The fraction of sp³-hybridized carbons (Fsp3) is 0.682. The van der Waals surface area contributed by atoms with Gasteiger partial charge in [0.2, 0.25) is 5.88 Å². The molecule has 9 heteroatoms. The maximum atomic E-state index is 14.1. The molecule has 2 aliphatic rings. The van der Waals surface area contributed by atoms with Crippen LogP contribution in [-0.2, 0) is 14.3 Å². The van der Waals surface area contributed by atoms with Gasteiger partial charge in [-0.1, -0.05) is 13.8 Å². The topological polar surface area (TPSA) is 90.0 Å². The van der Waals surface area contributed by atoms with E-state index >= 15 is 0 Å². The third-order valence-corrected chi connectivity index (χ3v) is 6.08. The van der Waals surface area contributed by atoms with Crippen LogP contribution < -0.4 is 15.0 Å². The molecule has 1 aliphatic heterocycles. The zero-order valence-corrected chi connectivity index (χ0v) is 18.7. The Morgan fingerprint density at radius 3 is 2.48 bits per heavy atom. The minimum atomic E-state index is -1.31. The lowest BCUT2D eigenvalue weighted by Gasteiger charge is -2.40. The van der Waals surface area contributed by atoms with Crippen LogP contribution in [0, 0.1) is 0 Å². The number of alkyl halides is 1. The van der Waals surface area contributed by atoms with Crippen LogP contribution in [0.25, 0.3) is 0 Å². The molecule has 2 heterocycles. The van der Waals surface area contributed by atoms with Crippen molar-refractivity contribution >= 4 is 17.6 Å². The molecule has 0 unspecified atom stereocenters. The number of aromatic nitrogens is 1. The number of esters is 1. The van der Waals surface area contributed by atoms with Crippen LogP contribution in [0.3, 0.4) is 0 Å². The third-order valence-electron chi connectivity index (χ3n) is 6.08. The highest BCUT2D eigenvalue weighted by Gasteiger charge is 2.45. The number of anilines is 1. The van der Waals surface area contributed by atoms with E-state index < -0.39 is 23.1 Å². The van der Waals surface area contributed by atoms with Gasteiger partial charge >= 0.3 is 5.97 Å². The number of halogens is 1. The van der Waals surface area contributed by atoms with Crippen molar-refractivity contribution in [2.24, 2.45) is 0 Å². The minimum Gasteiger partial charge on any atom is -0.473 e. The zero-order valence-electron chi connectivity index (χ0n) is 18.7. The largest absolute Gasteiger partial charge is 0.473 e. The number of pyridine rings is 1. The average Bonchev–Trinajstić information content (AvgIpc) is 3.47. The molecule has 31 heavy (non-hydrogen) atoms. The van der Waals surface area contributed by atoms with Gasteiger partial charge in [-0.25, -0.2) is 14.2 Å². The Labute approximate surface area is 182 Å². The molecule has 0 aromatic carbocycles. The van der Waals surface area contributed by atoms with E-state index in [-0.39, 0.29) is 30.9 Å². The predicted octanol–water partition coefficient (Wildman–Crippen LogP) is 2.65. The Kier molecular flexibility index (Phi) is 7.03. The highest BCUT2D eigenvalue weighted by atomic mass is 19.1. The number of nitrogens with one attached hydrogen (secondary N) is 1. The maximum absolute atomic E-state index is 14.1. The summed E-state index contributed by atoms with van der Waals surface area (Å²) in [7, 11) is 1.66. The lowest BCUT2D eigenvalue weighted by molar-refractivity contribution is -0.151. The second kappa shape index (κ2) is 9.38. The first kappa shape index (κ1) is 23.2. The fourth-order valence-corrected chi connectivity index (χ4v) is 3.49. The number of hydrogen-bond acceptors (Lipinski definition) is 7. The predicted molar refractivity (Wildman–Crippen MR) is 113 cm³/mol. The standard InChI is InChI=1S/C22H32FN3O5/c1-5-22(6-2,20(28)30-7-3)25-18(27)16-8-9-17(26-12-15(13-26)29-4)19(24-16)31-14-21(23)10-11-21/h8-9,15H,5-7,10-14H2,1-4H3,(H,25,27). The number of ether oxygens (including phenoxy) is 3. The molecule has 1 aromatic rings. The van der Waals surface area contributed by atoms with Gasteiger partial charge in [0.05, 0.1) is 12.7 Å². The number of hydrogen-bond donors (Lipinski definition) is 1. The number of nitrogens with zero attached hydrogens (tertiary/aromatic N) is 2. The SMILES string of the molecule is CCOC(=O)C(CC)(CC)NC(=O)c1ccc(N2CC(OC)C2)c(OCC2(F)CC2)n1. The van der Waals surface area contributed by atoms with Crippen molar-refractivity contribution in [2.75, 3.05) is 38.3 Å². The lowest BCUT2D eigenvalue weighted by Crippen LogP contribution is -2.54. The van der Waals surface area contributed by atoms with E-state index in [1.807, 2.05) is 18.7 Å². The first-order valence-electron chi connectivity index (χ1n) is 10.9. The molecule has 3 rings (SSSR count). The summed E-state index contributed by atoms with van der Waals surface area (Å²) in [6, 6.07) is 3.33. The lowest BCUT2D eigenvalue weighted by atomic mass is 9.92. The van der Waals surface area contributed by atoms with E-state index in [0.29, 0.717) is 44.5 Å². The normalized spacial score (nSPS) is 17.6. The van der Waals surface area contributed by atoms with E-state index in [9.17, 15) is 14.0 Å². The van der Waals surface area contributed by atoms with E-state index in [1.54, 1.807) is 26.2 Å². The Morgan fingerprint density at radius 2 is 1.94 bits per heavy atom. The van der Waals surface area contributed by atoms with Gasteiger partial charge in [0.15, 0.2) is 0 Å².